The molecular weight excluding hydrogens is 272 g/mol. The van der Waals surface area contributed by atoms with Crippen molar-refractivity contribution in [1.82, 2.24) is 0 Å². The van der Waals surface area contributed by atoms with Crippen LogP contribution in [0.5, 0.6) is 11.5 Å². The van der Waals surface area contributed by atoms with E-state index in [1.807, 2.05) is 6.07 Å². The monoisotopic (exact) mass is 300 g/mol. The molecule has 120 valence electrons. The van der Waals surface area contributed by atoms with E-state index < -0.39 is 0 Å². The molecule has 2 rings (SSSR count). The van der Waals surface area contributed by atoms with Gasteiger partial charge in [0.15, 0.2) is 0 Å². The number of unbranched alkanes of at least 4 members (excludes halogenated alkanes) is 1. The molecule has 1 aromatic carbocycles. The van der Waals surface area contributed by atoms with Crippen molar-refractivity contribution in [3.8, 4) is 11.5 Å². The third-order valence-corrected chi connectivity index (χ3v) is 4.74. The molecule has 0 saturated heterocycles. The normalized spacial score (nSPS) is 21.5. The van der Waals surface area contributed by atoms with Crippen LogP contribution in [0.25, 0.3) is 0 Å². The first-order valence-corrected chi connectivity index (χ1v) is 8.31. The van der Waals surface area contributed by atoms with Gasteiger partial charge < -0.3 is 10.2 Å². The second-order valence-electron chi connectivity index (χ2n) is 6.67. The van der Waals surface area contributed by atoms with E-state index in [1.165, 1.54) is 17.2 Å². The van der Waals surface area contributed by atoms with Gasteiger partial charge in [-0.15, -0.1) is 0 Å². The van der Waals surface area contributed by atoms with Crippen LogP contribution in [0.3, 0.4) is 0 Å². The third kappa shape index (κ3) is 3.55. The number of phenols is 2. The summed E-state index contributed by atoms with van der Waals surface area (Å²) in [5, 5.41) is 20.3. The van der Waals surface area contributed by atoms with E-state index in [4.69, 9.17) is 0 Å². The van der Waals surface area contributed by atoms with Crippen LogP contribution in [0.1, 0.15) is 63.5 Å². The number of aryl methyl sites for hydroxylation is 1. The van der Waals surface area contributed by atoms with E-state index in [0.717, 1.165) is 43.2 Å². The zero-order valence-corrected chi connectivity index (χ0v) is 14.0. The number of hydrogen-bond donors (Lipinski definition) is 2. The van der Waals surface area contributed by atoms with Gasteiger partial charge in [-0.3, -0.25) is 0 Å². The molecule has 0 saturated carbocycles. The van der Waals surface area contributed by atoms with Crippen molar-refractivity contribution in [2.24, 2.45) is 5.92 Å². The minimum absolute atomic E-state index is 0.149. The van der Waals surface area contributed by atoms with Crippen LogP contribution in [0.2, 0.25) is 0 Å². The van der Waals surface area contributed by atoms with E-state index in [0.29, 0.717) is 5.92 Å². The van der Waals surface area contributed by atoms with Gasteiger partial charge in [0.05, 0.1) is 0 Å². The predicted octanol–water partition coefficient (Wildman–Crippen LogP) is 5.46. The summed E-state index contributed by atoms with van der Waals surface area (Å²) < 4.78 is 0. The van der Waals surface area contributed by atoms with Gasteiger partial charge in [0.2, 0.25) is 0 Å². The highest BCUT2D eigenvalue weighted by Crippen LogP contribution is 2.45. The molecule has 0 bridgehead atoms. The van der Waals surface area contributed by atoms with Crippen LogP contribution in [0.15, 0.2) is 35.9 Å². The summed E-state index contributed by atoms with van der Waals surface area (Å²) >= 11 is 0. The first-order chi connectivity index (χ1) is 10.4. The lowest BCUT2D eigenvalue weighted by molar-refractivity contribution is 0.423. The van der Waals surface area contributed by atoms with Gasteiger partial charge >= 0.3 is 0 Å². The van der Waals surface area contributed by atoms with Crippen LogP contribution in [0, 0.1) is 5.92 Å². The average Bonchev–Trinajstić information content (AvgIpc) is 2.44. The fraction of sp³-hybridized carbons (Fsp3) is 0.500. The van der Waals surface area contributed by atoms with E-state index >= 15 is 0 Å². The Morgan fingerprint density at radius 1 is 1.32 bits per heavy atom. The quantitative estimate of drug-likeness (QED) is 0.709. The van der Waals surface area contributed by atoms with Crippen molar-refractivity contribution in [1.29, 1.82) is 0 Å². The highest BCUT2D eigenvalue weighted by Gasteiger charge is 2.29. The summed E-state index contributed by atoms with van der Waals surface area (Å²) in [5.74, 6) is 0.891. The molecule has 0 aliphatic heterocycles. The van der Waals surface area contributed by atoms with Crippen molar-refractivity contribution >= 4 is 0 Å². The van der Waals surface area contributed by atoms with Crippen LogP contribution >= 0.6 is 0 Å². The minimum atomic E-state index is 0.149. The predicted molar refractivity (Wildman–Crippen MR) is 92.4 cm³/mol. The fourth-order valence-corrected chi connectivity index (χ4v) is 3.55. The zero-order valence-electron chi connectivity index (χ0n) is 14.0. The minimum Gasteiger partial charge on any atom is -0.508 e. The average molecular weight is 300 g/mol. The first-order valence-electron chi connectivity index (χ1n) is 8.31. The number of aromatic hydroxyl groups is 2. The molecule has 0 spiro atoms. The molecule has 0 aromatic heterocycles. The van der Waals surface area contributed by atoms with Gasteiger partial charge in [0.25, 0.3) is 0 Å². The Morgan fingerprint density at radius 2 is 2.05 bits per heavy atom. The number of phenolic OH excluding ortho intramolecular Hbond substituents is 2. The molecule has 2 heteroatoms. The molecule has 2 N–H and O–H groups in total. The van der Waals surface area contributed by atoms with Gasteiger partial charge in [-0.1, -0.05) is 37.1 Å². The molecule has 0 heterocycles. The molecule has 0 amide bonds. The van der Waals surface area contributed by atoms with Crippen molar-refractivity contribution in [3.63, 3.8) is 0 Å². The molecular formula is C20H28O2. The molecule has 1 aliphatic rings. The second kappa shape index (κ2) is 7.04. The second-order valence-corrected chi connectivity index (χ2v) is 6.67. The summed E-state index contributed by atoms with van der Waals surface area (Å²) in [5.41, 5.74) is 4.60. The maximum Gasteiger partial charge on any atom is 0.123 e. The Morgan fingerprint density at radius 3 is 2.68 bits per heavy atom. The van der Waals surface area contributed by atoms with Gasteiger partial charge in [-0.25, -0.2) is 0 Å². The Bertz CT molecular complexity index is 584. The Labute approximate surface area is 134 Å². The smallest absolute Gasteiger partial charge is 0.123 e. The molecule has 22 heavy (non-hydrogen) atoms. The van der Waals surface area contributed by atoms with E-state index in [9.17, 15) is 10.2 Å². The molecule has 0 unspecified atom stereocenters. The summed E-state index contributed by atoms with van der Waals surface area (Å²) in [6, 6.07) is 3.29. The molecule has 0 radical (unpaired) electrons. The van der Waals surface area contributed by atoms with Crippen LogP contribution in [-0.2, 0) is 6.42 Å². The largest absolute Gasteiger partial charge is 0.508 e. The van der Waals surface area contributed by atoms with E-state index in [1.54, 1.807) is 0 Å². The lowest BCUT2D eigenvalue weighted by atomic mass is 9.72. The lowest BCUT2D eigenvalue weighted by Crippen LogP contribution is -2.18. The van der Waals surface area contributed by atoms with Gasteiger partial charge in [-0.2, -0.15) is 0 Å². The number of rotatable bonds is 5. The summed E-state index contributed by atoms with van der Waals surface area (Å²) in [7, 11) is 0. The number of benzene rings is 1. The third-order valence-electron chi connectivity index (χ3n) is 4.74. The summed E-state index contributed by atoms with van der Waals surface area (Å²) in [4.78, 5) is 0. The standard InChI is InChI=1S/C20H28O2/c1-5-6-7-15-11-16(21)12-19(22)20(15)18-10-14(4)8-9-17(18)13(2)3/h10-12,17-18,21-22H,2,5-9H2,1,3-4H3/t17-,18+/m0/s1. The molecule has 2 atom stereocenters. The maximum absolute atomic E-state index is 10.5. The highest BCUT2D eigenvalue weighted by atomic mass is 16.3. The molecule has 1 aromatic rings. The highest BCUT2D eigenvalue weighted by molar-refractivity contribution is 5.50. The summed E-state index contributed by atoms with van der Waals surface area (Å²) in [6.07, 6.45) is 7.50. The van der Waals surface area contributed by atoms with Crippen LogP contribution in [0.4, 0.5) is 0 Å². The summed E-state index contributed by atoms with van der Waals surface area (Å²) in [6.45, 7) is 10.6. The lowest BCUT2D eigenvalue weighted by Gasteiger charge is -2.32. The number of hydrogen-bond acceptors (Lipinski definition) is 2. The molecule has 2 nitrogen and oxygen atoms in total. The zero-order chi connectivity index (χ0) is 16.3. The van der Waals surface area contributed by atoms with Crippen molar-refractivity contribution in [2.75, 3.05) is 0 Å². The van der Waals surface area contributed by atoms with Gasteiger partial charge in [-0.05, 0) is 57.1 Å². The number of allylic oxidation sites excluding steroid dienone is 3. The van der Waals surface area contributed by atoms with Crippen molar-refractivity contribution in [3.05, 3.63) is 47.1 Å². The van der Waals surface area contributed by atoms with E-state index in [-0.39, 0.29) is 17.4 Å². The Kier molecular flexibility index (Phi) is 5.33. The van der Waals surface area contributed by atoms with Crippen molar-refractivity contribution < 1.29 is 10.2 Å². The van der Waals surface area contributed by atoms with Gasteiger partial charge in [0, 0.05) is 17.5 Å². The van der Waals surface area contributed by atoms with E-state index in [2.05, 4.69) is 33.4 Å². The molecule has 1 aliphatic carbocycles. The topological polar surface area (TPSA) is 40.5 Å². The van der Waals surface area contributed by atoms with Gasteiger partial charge in [0.1, 0.15) is 11.5 Å². The molecule has 0 fully saturated rings. The fourth-order valence-electron chi connectivity index (χ4n) is 3.55. The van der Waals surface area contributed by atoms with Crippen LogP contribution in [-0.4, -0.2) is 10.2 Å². The Hall–Kier alpha value is -1.70. The Balaban J connectivity index is 2.52. The maximum atomic E-state index is 10.5. The van der Waals surface area contributed by atoms with Crippen LogP contribution < -0.4 is 0 Å². The first kappa shape index (κ1) is 16.7. The SMILES string of the molecule is C=C(C)[C@@H]1CCC(C)=C[C@H]1c1c(O)cc(O)cc1CCCC. The van der Waals surface area contributed by atoms with Crippen molar-refractivity contribution in [2.45, 2.75) is 58.8 Å².